The lowest BCUT2D eigenvalue weighted by Crippen LogP contribution is -2.36. The maximum Gasteiger partial charge on any atom is 0.191 e. The quantitative estimate of drug-likeness (QED) is 0.425. The number of nitrogens with one attached hydrogen (secondary N) is 2. The van der Waals surface area contributed by atoms with Gasteiger partial charge < -0.3 is 10.6 Å². The van der Waals surface area contributed by atoms with Gasteiger partial charge in [-0.05, 0) is 31.5 Å². The number of guanidine groups is 1. The molecule has 0 bridgehead atoms. The van der Waals surface area contributed by atoms with E-state index < -0.39 is 0 Å². The van der Waals surface area contributed by atoms with Crippen molar-refractivity contribution in [2.45, 2.75) is 26.9 Å². The van der Waals surface area contributed by atoms with Crippen molar-refractivity contribution in [3.63, 3.8) is 0 Å². The van der Waals surface area contributed by atoms with E-state index in [1.165, 1.54) is 4.88 Å². The molecule has 1 heterocycles. The number of benzene rings is 1. The van der Waals surface area contributed by atoms with Crippen molar-refractivity contribution >= 4 is 41.3 Å². The summed E-state index contributed by atoms with van der Waals surface area (Å²) in [6, 6.07) is 9.64. The van der Waals surface area contributed by atoms with E-state index in [1.54, 1.807) is 17.4 Å². The molecule has 0 aliphatic rings. The summed E-state index contributed by atoms with van der Waals surface area (Å²) in [5.74, 6) is 0.748. The molecule has 0 unspecified atom stereocenters. The van der Waals surface area contributed by atoms with E-state index in [9.17, 15) is 0 Å². The highest BCUT2D eigenvalue weighted by molar-refractivity contribution is 14.0. The van der Waals surface area contributed by atoms with E-state index in [1.807, 2.05) is 38.2 Å². The smallest absolute Gasteiger partial charge is 0.191 e. The molecule has 0 fully saturated rings. The minimum atomic E-state index is 0. The molecule has 0 radical (unpaired) electrons. The minimum Gasteiger partial charge on any atom is -0.357 e. The van der Waals surface area contributed by atoms with Crippen molar-refractivity contribution in [2.75, 3.05) is 6.54 Å². The normalized spacial score (nSPS) is 10.6. The number of halogens is 1. The Morgan fingerprint density at radius 3 is 2.87 bits per heavy atom. The van der Waals surface area contributed by atoms with Crippen molar-refractivity contribution < 1.29 is 0 Å². The molecule has 122 valence electrons. The summed E-state index contributed by atoms with van der Waals surface area (Å²) in [7, 11) is 0. The topological polar surface area (TPSA) is 73.1 Å². The second kappa shape index (κ2) is 10.2. The van der Waals surface area contributed by atoms with Gasteiger partial charge >= 0.3 is 0 Å². The molecule has 7 heteroatoms. The summed E-state index contributed by atoms with van der Waals surface area (Å²) in [5, 5.41) is 16.4. The van der Waals surface area contributed by atoms with Crippen LogP contribution in [0.3, 0.4) is 0 Å². The van der Waals surface area contributed by atoms with E-state index in [0.29, 0.717) is 18.7 Å². The van der Waals surface area contributed by atoms with Crippen LogP contribution >= 0.6 is 35.3 Å². The molecule has 5 nitrogen and oxygen atoms in total. The highest BCUT2D eigenvalue weighted by Gasteiger charge is 2.02. The predicted octanol–water partition coefficient (Wildman–Crippen LogP) is 3.20. The van der Waals surface area contributed by atoms with Crippen LogP contribution in [0.25, 0.3) is 0 Å². The van der Waals surface area contributed by atoms with E-state index in [-0.39, 0.29) is 24.0 Å². The van der Waals surface area contributed by atoms with Crippen LogP contribution in [-0.2, 0) is 13.1 Å². The van der Waals surface area contributed by atoms with Gasteiger partial charge in [-0.1, -0.05) is 12.1 Å². The summed E-state index contributed by atoms with van der Waals surface area (Å²) in [4.78, 5) is 10.1. The van der Waals surface area contributed by atoms with Gasteiger partial charge in [0.05, 0.1) is 24.7 Å². The van der Waals surface area contributed by atoms with Crippen LogP contribution in [0, 0.1) is 18.3 Å². The molecule has 0 atom stereocenters. The fraction of sp³-hybridized carbons (Fsp3) is 0.312. The Kier molecular flexibility index (Phi) is 8.58. The van der Waals surface area contributed by atoms with Crippen molar-refractivity contribution in [2.24, 2.45) is 4.99 Å². The van der Waals surface area contributed by atoms with Gasteiger partial charge in [-0.25, -0.2) is 9.98 Å². The second-order valence-electron chi connectivity index (χ2n) is 4.73. The molecule has 1 aromatic heterocycles. The maximum atomic E-state index is 8.92. The van der Waals surface area contributed by atoms with Gasteiger partial charge in [-0.2, -0.15) is 5.26 Å². The zero-order chi connectivity index (χ0) is 15.8. The first-order valence-corrected chi connectivity index (χ1v) is 7.95. The molecule has 0 saturated carbocycles. The zero-order valence-electron chi connectivity index (χ0n) is 13.2. The third kappa shape index (κ3) is 6.54. The summed E-state index contributed by atoms with van der Waals surface area (Å²) in [6.07, 6.45) is 1.87. The van der Waals surface area contributed by atoms with E-state index in [4.69, 9.17) is 5.26 Å². The van der Waals surface area contributed by atoms with Crippen LogP contribution in [0.1, 0.15) is 27.9 Å². The first kappa shape index (κ1) is 19.4. The summed E-state index contributed by atoms with van der Waals surface area (Å²) >= 11 is 1.67. The molecule has 2 N–H and O–H groups in total. The minimum absolute atomic E-state index is 0. The van der Waals surface area contributed by atoms with Gasteiger partial charge in [0.15, 0.2) is 5.96 Å². The lowest BCUT2D eigenvalue weighted by molar-refractivity contribution is 0.811. The molecule has 2 aromatic rings. The van der Waals surface area contributed by atoms with Crippen LogP contribution in [-0.4, -0.2) is 17.5 Å². The number of hydrogen-bond donors (Lipinski definition) is 2. The lowest BCUT2D eigenvalue weighted by Gasteiger charge is -2.10. The van der Waals surface area contributed by atoms with Crippen LogP contribution in [0.4, 0.5) is 0 Å². The van der Waals surface area contributed by atoms with Crippen LogP contribution in [0.2, 0.25) is 0 Å². The van der Waals surface area contributed by atoms with Gasteiger partial charge in [0.25, 0.3) is 0 Å². The van der Waals surface area contributed by atoms with Gasteiger partial charge in [-0.15, -0.1) is 35.3 Å². The Morgan fingerprint density at radius 1 is 1.39 bits per heavy atom. The SMILES string of the molecule is CCNC(=NCc1cccc(C#N)c1)NCc1ncc(C)s1.I. The van der Waals surface area contributed by atoms with Crippen molar-refractivity contribution in [1.29, 1.82) is 5.26 Å². The Morgan fingerprint density at radius 2 is 2.22 bits per heavy atom. The number of thiazole rings is 1. The fourth-order valence-corrected chi connectivity index (χ4v) is 2.62. The Balaban J connectivity index is 0.00000264. The highest BCUT2D eigenvalue weighted by Crippen LogP contribution is 2.10. The van der Waals surface area contributed by atoms with Gasteiger partial charge in [-0.3, -0.25) is 0 Å². The average molecular weight is 441 g/mol. The monoisotopic (exact) mass is 441 g/mol. The number of nitriles is 1. The van der Waals surface area contributed by atoms with E-state index >= 15 is 0 Å². The summed E-state index contributed by atoms with van der Waals surface area (Å²) in [6.45, 7) is 6.05. The Hall–Kier alpha value is -1.66. The molecule has 0 saturated heterocycles. The third-order valence-corrected chi connectivity index (χ3v) is 3.81. The third-order valence-electron chi connectivity index (χ3n) is 2.90. The average Bonchev–Trinajstić information content (AvgIpc) is 2.96. The first-order valence-electron chi connectivity index (χ1n) is 7.13. The zero-order valence-corrected chi connectivity index (χ0v) is 16.3. The van der Waals surface area contributed by atoms with Crippen molar-refractivity contribution in [3.05, 3.63) is 51.5 Å². The Bertz CT molecular complexity index is 690. The fourth-order valence-electron chi connectivity index (χ4n) is 1.89. The summed E-state index contributed by atoms with van der Waals surface area (Å²) in [5.41, 5.74) is 1.67. The van der Waals surface area contributed by atoms with Gasteiger partial charge in [0.1, 0.15) is 5.01 Å². The maximum absolute atomic E-state index is 8.92. The Labute approximate surface area is 157 Å². The van der Waals surface area contributed by atoms with Crippen molar-refractivity contribution in [3.8, 4) is 6.07 Å². The standard InChI is InChI=1S/C16H19N5S.HI/c1-3-18-16(21-11-15-19-9-12(2)22-15)20-10-14-6-4-5-13(7-14)8-17;/h4-7,9H,3,10-11H2,1-2H3,(H2,18,20,21);1H. The molecular weight excluding hydrogens is 421 g/mol. The largest absolute Gasteiger partial charge is 0.357 e. The first-order chi connectivity index (χ1) is 10.7. The van der Waals surface area contributed by atoms with Gasteiger partial charge in [0.2, 0.25) is 0 Å². The molecule has 23 heavy (non-hydrogen) atoms. The number of aryl methyl sites for hydroxylation is 1. The molecule has 0 amide bonds. The lowest BCUT2D eigenvalue weighted by atomic mass is 10.1. The number of rotatable bonds is 5. The molecule has 0 aliphatic heterocycles. The number of hydrogen-bond acceptors (Lipinski definition) is 4. The molecule has 1 aromatic carbocycles. The predicted molar refractivity (Wildman–Crippen MR) is 105 cm³/mol. The van der Waals surface area contributed by atoms with E-state index in [0.717, 1.165) is 23.1 Å². The van der Waals surface area contributed by atoms with Crippen LogP contribution in [0.15, 0.2) is 35.5 Å². The van der Waals surface area contributed by atoms with E-state index in [2.05, 4.69) is 26.7 Å². The van der Waals surface area contributed by atoms with Crippen LogP contribution < -0.4 is 10.6 Å². The number of nitrogens with zero attached hydrogens (tertiary/aromatic N) is 3. The second-order valence-corrected chi connectivity index (χ2v) is 6.04. The highest BCUT2D eigenvalue weighted by atomic mass is 127. The molecule has 0 spiro atoms. The van der Waals surface area contributed by atoms with Crippen molar-refractivity contribution in [1.82, 2.24) is 15.6 Å². The number of aromatic nitrogens is 1. The molecular formula is C16H20IN5S. The summed E-state index contributed by atoms with van der Waals surface area (Å²) < 4.78 is 0. The van der Waals surface area contributed by atoms with Crippen LogP contribution in [0.5, 0.6) is 0 Å². The molecule has 2 rings (SSSR count). The molecule has 0 aliphatic carbocycles. The van der Waals surface area contributed by atoms with Gasteiger partial charge in [0, 0.05) is 17.6 Å². The number of aliphatic imine (C=N–C) groups is 1.